The van der Waals surface area contributed by atoms with Crippen LogP contribution in [0.3, 0.4) is 0 Å². The third-order valence-corrected chi connectivity index (χ3v) is 3.57. The lowest BCUT2D eigenvalue weighted by molar-refractivity contribution is -0.402. The molecule has 0 N–H and O–H groups in total. The molecule has 2 aromatic rings. The van der Waals surface area contributed by atoms with Crippen LogP contribution in [0.4, 0.5) is 5.88 Å². The van der Waals surface area contributed by atoms with Crippen molar-refractivity contribution in [2.24, 2.45) is 0 Å². The molecule has 1 aromatic heterocycles. The summed E-state index contributed by atoms with van der Waals surface area (Å²) in [5.74, 6) is -0.952. The van der Waals surface area contributed by atoms with Gasteiger partial charge in [0.2, 0.25) is 0 Å². The van der Waals surface area contributed by atoms with E-state index in [9.17, 15) is 14.9 Å². The number of hydrogen-bond donors (Lipinski definition) is 0. The Kier molecular flexibility index (Phi) is 4.76. The van der Waals surface area contributed by atoms with Crippen LogP contribution in [0.1, 0.15) is 41.6 Å². The molecule has 0 bridgehead atoms. The molecule has 23 heavy (non-hydrogen) atoms. The lowest BCUT2D eigenvalue weighted by atomic mass is 10.0. The van der Waals surface area contributed by atoms with Crippen LogP contribution in [0.15, 0.2) is 40.8 Å². The Hall–Kier alpha value is -3.14. The lowest BCUT2D eigenvalue weighted by Crippen LogP contribution is -2.33. The van der Waals surface area contributed by atoms with Crippen LogP contribution in [0.2, 0.25) is 0 Å². The predicted octanol–water partition coefficient (Wildman–Crippen LogP) is 3.28. The van der Waals surface area contributed by atoms with Crippen molar-refractivity contribution in [1.82, 2.24) is 4.90 Å². The van der Waals surface area contributed by atoms with E-state index in [-0.39, 0.29) is 11.8 Å². The fourth-order valence-corrected chi connectivity index (χ4v) is 2.29. The number of benzene rings is 1. The van der Waals surface area contributed by atoms with Crippen LogP contribution in [-0.2, 0) is 0 Å². The van der Waals surface area contributed by atoms with Gasteiger partial charge in [-0.15, -0.1) is 0 Å². The molecule has 0 aliphatic rings. The van der Waals surface area contributed by atoms with Crippen molar-refractivity contribution in [3.63, 3.8) is 0 Å². The van der Waals surface area contributed by atoms with Crippen LogP contribution in [0, 0.1) is 21.4 Å². The second-order valence-electron chi connectivity index (χ2n) is 4.90. The Labute approximate surface area is 132 Å². The Morgan fingerprint density at radius 2 is 2.00 bits per heavy atom. The molecule has 1 unspecified atom stereocenters. The standard InChI is InChI=1S/C16H15N3O4/c1-3-18(11(2)13-6-4-12(10-17)5-7-13)16(20)14-8-9-15(23-14)19(21)22/h4-9,11H,3H2,1-2H3. The summed E-state index contributed by atoms with van der Waals surface area (Å²) in [6.07, 6.45) is 0. The highest BCUT2D eigenvalue weighted by Crippen LogP contribution is 2.24. The molecular formula is C16H15N3O4. The van der Waals surface area contributed by atoms with Crippen molar-refractivity contribution in [2.75, 3.05) is 6.54 Å². The number of nitrogens with zero attached hydrogens (tertiary/aromatic N) is 3. The highest BCUT2D eigenvalue weighted by Gasteiger charge is 2.25. The zero-order valence-electron chi connectivity index (χ0n) is 12.7. The van der Waals surface area contributed by atoms with E-state index in [1.165, 1.54) is 6.07 Å². The summed E-state index contributed by atoms with van der Waals surface area (Å²) < 4.78 is 4.98. The van der Waals surface area contributed by atoms with Crippen molar-refractivity contribution >= 4 is 11.8 Å². The zero-order valence-corrected chi connectivity index (χ0v) is 12.7. The van der Waals surface area contributed by atoms with Crippen molar-refractivity contribution in [2.45, 2.75) is 19.9 Å². The van der Waals surface area contributed by atoms with Gasteiger partial charge in [0, 0.05) is 6.54 Å². The van der Waals surface area contributed by atoms with E-state index in [4.69, 9.17) is 9.68 Å². The molecule has 2 rings (SSSR count). The van der Waals surface area contributed by atoms with Gasteiger partial charge in [0.25, 0.3) is 5.91 Å². The number of hydrogen-bond acceptors (Lipinski definition) is 5. The lowest BCUT2D eigenvalue weighted by Gasteiger charge is -2.27. The van der Waals surface area contributed by atoms with Crippen LogP contribution in [0.25, 0.3) is 0 Å². The van der Waals surface area contributed by atoms with Crippen LogP contribution >= 0.6 is 0 Å². The zero-order chi connectivity index (χ0) is 17.0. The number of carbonyl (C=O) groups is 1. The monoisotopic (exact) mass is 313 g/mol. The molecule has 1 heterocycles. The number of carbonyl (C=O) groups excluding carboxylic acids is 1. The first-order valence-corrected chi connectivity index (χ1v) is 7.03. The number of nitro groups is 1. The molecule has 0 saturated carbocycles. The fraction of sp³-hybridized carbons (Fsp3) is 0.250. The van der Waals surface area contributed by atoms with Gasteiger partial charge in [-0.1, -0.05) is 12.1 Å². The second-order valence-corrected chi connectivity index (χ2v) is 4.90. The van der Waals surface area contributed by atoms with E-state index < -0.39 is 16.7 Å². The summed E-state index contributed by atoms with van der Waals surface area (Å²) in [4.78, 5) is 24.0. The topological polar surface area (TPSA) is 100 Å². The molecule has 1 aromatic carbocycles. The summed E-state index contributed by atoms with van der Waals surface area (Å²) in [6.45, 7) is 4.07. The largest absolute Gasteiger partial charge is 0.433 e. The number of rotatable bonds is 5. The van der Waals surface area contributed by atoms with Crippen molar-refractivity contribution < 1.29 is 14.1 Å². The van der Waals surface area contributed by atoms with E-state index in [0.717, 1.165) is 11.6 Å². The fourth-order valence-electron chi connectivity index (χ4n) is 2.29. The average Bonchev–Trinajstić information content (AvgIpc) is 3.05. The molecule has 0 saturated heterocycles. The highest BCUT2D eigenvalue weighted by molar-refractivity contribution is 5.92. The highest BCUT2D eigenvalue weighted by atomic mass is 16.6. The molecule has 0 aliphatic carbocycles. The van der Waals surface area contributed by atoms with Gasteiger partial charge in [0.1, 0.15) is 4.92 Å². The predicted molar refractivity (Wildman–Crippen MR) is 81.6 cm³/mol. The van der Waals surface area contributed by atoms with Gasteiger partial charge in [-0.05, 0) is 37.6 Å². The summed E-state index contributed by atoms with van der Waals surface area (Å²) in [5, 5.41) is 19.5. The molecule has 1 amide bonds. The minimum Gasteiger partial charge on any atom is -0.395 e. The normalized spacial score (nSPS) is 11.5. The first-order chi connectivity index (χ1) is 11.0. The minimum absolute atomic E-state index is 0.0703. The molecule has 0 aliphatic heterocycles. The molecule has 7 heteroatoms. The average molecular weight is 313 g/mol. The summed E-state index contributed by atoms with van der Waals surface area (Å²) in [5.41, 5.74) is 1.40. The van der Waals surface area contributed by atoms with Gasteiger partial charge in [-0.25, -0.2) is 0 Å². The minimum atomic E-state index is -0.683. The molecule has 7 nitrogen and oxygen atoms in total. The van der Waals surface area contributed by atoms with Gasteiger partial charge in [0.05, 0.1) is 23.7 Å². The van der Waals surface area contributed by atoms with E-state index >= 15 is 0 Å². The Bertz CT molecular complexity index is 758. The molecular weight excluding hydrogens is 298 g/mol. The Morgan fingerprint density at radius 3 is 2.48 bits per heavy atom. The molecule has 0 fully saturated rings. The molecule has 118 valence electrons. The van der Waals surface area contributed by atoms with Crippen LogP contribution in [0.5, 0.6) is 0 Å². The summed E-state index contributed by atoms with van der Waals surface area (Å²) in [7, 11) is 0. The molecule has 0 radical (unpaired) electrons. The summed E-state index contributed by atoms with van der Waals surface area (Å²) in [6, 6.07) is 11.2. The van der Waals surface area contributed by atoms with Gasteiger partial charge in [-0.3, -0.25) is 14.9 Å². The van der Waals surface area contributed by atoms with Gasteiger partial charge < -0.3 is 9.32 Å². The third kappa shape index (κ3) is 3.37. The van der Waals surface area contributed by atoms with E-state index in [1.54, 1.807) is 29.2 Å². The maximum absolute atomic E-state index is 12.5. The van der Waals surface area contributed by atoms with Gasteiger partial charge in [0.15, 0.2) is 5.76 Å². The second kappa shape index (κ2) is 6.75. The summed E-state index contributed by atoms with van der Waals surface area (Å²) >= 11 is 0. The third-order valence-electron chi connectivity index (χ3n) is 3.57. The van der Waals surface area contributed by atoms with Gasteiger partial charge >= 0.3 is 5.88 Å². The smallest absolute Gasteiger partial charge is 0.395 e. The van der Waals surface area contributed by atoms with E-state index in [1.807, 2.05) is 19.9 Å². The first-order valence-electron chi connectivity index (χ1n) is 7.03. The van der Waals surface area contributed by atoms with Crippen LogP contribution in [-0.4, -0.2) is 22.3 Å². The molecule has 1 atom stereocenters. The van der Waals surface area contributed by atoms with E-state index in [0.29, 0.717) is 12.1 Å². The Morgan fingerprint density at radius 1 is 1.35 bits per heavy atom. The van der Waals surface area contributed by atoms with Crippen LogP contribution < -0.4 is 0 Å². The van der Waals surface area contributed by atoms with Crippen molar-refractivity contribution in [3.05, 3.63) is 63.4 Å². The number of amides is 1. The van der Waals surface area contributed by atoms with Gasteiger partial charge in [-0.2, -0.15) is 5.26 Å². The number of furan rings is 1. The maximum Gasteiger partial charge on any atom is 0.433 e. The quantitative estimate of drug-likeness (QED) is 0.622. The van der Waals surface area contributed by atoms with Crippen molar-refractivity contribution in [3.8, 4) is 6.07 Å². The van der Waals surface area contributed by atoms with Crippen molar-refractivity contribution in [1.29, 1.82) is 5.26 Å². The maximum atomic E-state index is 12.5. The Balaban J connectivity index is 2.24. The number of nitriles is 1. The van der Waals surface area contributed by atoms with E-state index in [2.05, 4.69) is 0 Å². The SMILES string of the molecule is CCN(C(=O)c1ccc([N+](=O)[O-])o1)C(C)c1ccc(C#N)cc1. The molecule has 0 spiro atoms. The first kappa shape index (κ1) is 16.2.